The second-order valence-electron chi connectivity index (χ2n) is 3.92. The molecule has 1 N–H and O–H groups in total. The second kappa shape index (κ2) is 5.15. The number of rotatable bonds is 2. The molecular formula is C11H12BrClN2O. The van der Waals surface area contributed by atoms with E-state index in [4.69, 9.17) is 11.6 Å². The van der Waals surface area contributed by atoms with Crippen LogP contribution >= 0.6 is 27.5 Å². The van der Waals surface area contributed by atoms with Crippen LogP contribution in [-0.4, -0.2) is 22.3 Å². The molecule has 1 aliphatic rings. The number of hydrogen-bond acceptors (Lipinski definition) is 2. The van der Waals surface area contributed by atoms with Crippen LogP contribution in [0.1, 0.15) is 29.6 Å². The zero-order valence-corrected chi connectivity index (χ0v) is 11.0. The number of carbonyl (C=O) groups excluding carboxylic acids is 1. The van der Waals surface area contributed by atoms with Gasteiger partial charge in [0.15, 0.2) is 0 Å². The van der Waals surface area contributed by atoms with Gasteiger partial charge >= 0.3 is 0 Å². The van der Waals surface area contributed by atoms with Crippen LogP contribution in [-0.2, 0) is 0 Å². The quantitative estimate of drug-likeness (QED) is 0.854. The molecule has 0 spiro atoms. The van der Waals surface area contributed by atoms with Gasteiger partial charge in [-0.3, -0.25) is 9.78 Å². The van der Waals surface area contributed by atoms with Crippen LogP contribution in [0.25, 0.3) is 0 Å². The Balaban J connectivity index is 2.03. The highest BCUT2D eigenvalue weighted by atomic mass is 79.9. The largest absolute Gasteiger partial charge is 0.348 e. The van der Waals surface area contributed by atoms with Crippen molar-refractivity contribution in [2.24, 2.45) is 0 Å². The molecule has 0 aromatic carbocycles. The minimum Gasteiger partial charge on any atom is -0.348 e. The molecule has 0 bridgehead atoms. The van der Waals surface area contributed by atoms with Gasteiger partial charge in [-0.05, 0) is 41.3 Å². The number of halogens is 2. The molecule has 3 nitrogen and oxygen atoms in total. The summed E-state index contributed by atoms with van der Waals surface area (Å²) in [7, 11) is 0. The zero-order valence-electron chi connectivity index (χ0n) is 8.62. The number of aromatic nitrogens is 1. The van der Waals surface area contributed by atoms with Gasteiger partial charge in [-0.25, -0.2) is 0 Å². The molecule has 1 aliphatic carbocycles. The van der Waals surface area contributed by atoms with Crippen LogP contribution in [0.2, 0.25) is 0 Å². The normalized spacial score (nSPS) is 24.4. The second-order valence-corrected chi connectivity index (χ2v) is 5.39. The average Bonchev–Trinajstić information content (AvgIpc) is 2.64. The molecule has 86 valence electrons. The maximum atomic E-state index is 11.9. The van der Waals surface area contributed by atoms with E-state index in [2.05, 4.69) is 26.2 Å². The van der Waals surface area contributed by atoms with Gasteiger partial charge in [0.1, 0.15) is 0 Å². The highest BCUT2D eigenvalue weighted by molar-refractivity contribution is 9.10. The monoisotopic (exact) mass is 302 g/mol. The third-order valence-electron chi connectivity index (χ3n) is 2.72. The highest BCUT2D eigenvalue weighted by Gasteiger charge is 2.26. The van der Waals surface area contributed by atoms with Crippen molar-refractivity contribution in [3.63, 3.8) is 0 Å². The van der Waals surface area contributed by atoms with Crippen molar-refractivity contribution in [2.45, 2.75) is 30.7 Å². The van der Waals surface area contributed by atoms with Gasteiger partial charge in [0.2, 0.25) is 0 Å². The van der Waals surface area contributed by atoms with E-state index in [9.17, 15) is 4.79 Å². The SMILES string of the molecule is O=C(NC1CCCC1Cl)c1cncc(Br)c1. The van der Waals surface area contributed by atoms with Crippen molar-refractivity contribution in [1.29, 1.82) is 0 Å². The Hall–Kier alpha value is -0.610. The first kappa shape index (κ1) is 11.9. The number of nitrogens with one attached hydrogen (secondary N) is 1. The molecule has 1 aromatic rings. The van der Waals surface area contributed by atoms with E-state index >= 15 is 0 Å². The number of pyridine rings is 1. The van der Waals surface area contributed by atoms with Crippen LogP contribution < -0.4 is 5.32 Å². The molecule has 0 aliphatic heterocycles. The topological polar surface area (TPSA) is 42.0 Å². The summed E-state index contributed by atoms with van der Waals surface area (Å²) in [6.07, 6.45) is 6.22. The fourth-order valence-electron chi connectivity index (χ4n) is 1.87. The lowest BCUT2D eigenvalue weighted by Crippen LogP contribution is -2.37. The van der Waals surface area contributed by atoms with Crippen molar-refractivity contribution in [3.05, 3.63) is 28.5 Å². The van der Waals surface area contributed by atoms with E-state index in [-0.39, 0.29) is 17.3 Å². The zero-order chi connectivity index (χ0) is 11.5. The first-order valence-electron chi connectivity index (χ1n) is 5.22. The van der Waals surface area contributed by atoms with Crippen molar-refractivity contribution in [1.82, 2.24) is 10.3 Å². The van der Waals surface area contributed by atoms with Crippen molar-refractivity contribution in [2.75, 3.05) is 0 Å². The molecule has 0 radical (unpaired) electrons. The number of nitrogens with zero attached hydrogens (tertiary/aromatic N) is 1. The summed E-state index contributed by atoms with van der Waals surface area (Å²) >= 11 is 9.39. The van der Waals surface area contributed by atoms with Crippen molar-refractivity contribution < 1.29 is 4.79 Å². The summed E-state index contributed by atoms with van der Waals surface area (Å²) in [6, 6.07) is 1.84. The molecular weight excluding hydrogens is 291 g/mol. The van der Waals surface area contributed by atoms with E-state index in [1.807, 2.05) is 0 Å². The highest BCUT2D eigenvalue weighted by Crippen LogP contribution is 2.24. The lowest BCUT2D eigenvalue weighted by Gasteiger charge is -2.15. The van der Waals surface area contributed by atoms with Gasteiger partial charge in [-0.1, -0.05) is 0 Å². The van der Waals surface area contributed by atoms with Gasteiger partial charge in [-0.2, -0.15) is 0 Å². The molecule has 1 amide bonds. The Bertz CT molecular complexity index is 399. The van der Waals surface area contributed by atoms with E-state index in [1.165, 1.54) is 0 Å². The van der Waals surface area contributed by atoms with Crippen LogP contribution in [0.4, 0.5) is 0 Å². The van der Waals surface area contributed by atoms with Crippen molar-refractivity contribution >= 4 is 33.4 Å². The maximum absolute atomic E-state index is 11.9. The Morgan fingerprint density at radius 1 is 1.50 bits per heavy atom. The van der Waals surface area contributed by atoms with Gasteiger partial charge in [-0.15, -0.1) is 11.6 Å². The maximum Gasteiger partial charge on any atom is 0.253 e. The summed E-state index contributed by atoms with van der Waals surface area (Å²) in [5.41, 5.74) is 0.560. The summed E-state index contributed by atoms with van der Waals surface area (Å²) in [5, 5.41) is 3.00. The predicted molar refractivity (Wildman–Crippen MR) is 66.7 cm³/mol. The molecule has 2 rings (SSSR count). The van der Waals surface area contributed by atoms with Crippen LogP contribution in [0, 0.1) is 0 Å². The van der Waals surface area contributed by atoms with E-state index < -0.39 is 0 Å². The minimum absolute atomic E-state index is 0.0593. The third kappa shape index (κ3) is 2.74. The van der Waals surface area contributed by atoms with Crippen LogP contribution in [0.15, 0.2) is 22.9 Å². The van der Waals surface area contributed by atoms with E-state index in [0.29, 0.717) is 5.56 Å². The van der Waals surface area contributed by atoms with E-state index in [0.717, 1.165) is 23.7 Å². The Kier molecular flexibility index (Phi) is 3.82. The molecule has 1 heterocycles. The summed E-state index contributed by atoms with van der Waals surface area (Å²) in [4.78, 5) is 15.8. The molecule has 0 saturated heterocycles. The molecule has 1 aromatic heterocycles. The molecule has 1 fully saturated rings. The molecule has 2 atom stereocenters. The summed E-state index contributed by atoms with van der Waals surface area (Å²) in [6.45, 7) is 0. The number of carbonyl (C=O) groups is 1. The minimum atomic E-state index is -0.105. The summed E-state index contributed by atoms with van der Waals surface area (Å²) < 4.78 is 0.800. The fourth-order valence-corrected chi connectivity index (χ4v) is 2.57. The Labute approximate surface area is 108 Å². The number of amides is 1. The first-order valence-corrected chi connectivity index (χ1v) is 6.45. The first-order chi connectivity index (χ1) is 7.66. The predicted octanol–water partition coefficient (Wildman–Crippen LogP) is 2.73. The van der Waals surface area contributed by atoms with Crippen molar-refractivity contribution in [3.8, 4) is 0 Å². The lowest BCUT2D eigenvalue weighted by molar-refractivity contribution is 0.0938. The van der Waals surface area contributed by atoms with Gasteiger partial charge in [0.25, 0.3) is 5.91 Å². The molecule has 2 unspecified atom stereocenters. The van der Waals surface area contributed by atoms with E-state index in [1.54, 1.807) is 18.5 Å². The standard InChI is InChI=1S/C11H12BrClN2O/c12-8-4-7(5-14-6-8)11(16)15-10-3-1-2-9(10)13/h4-6,9-10H,1-3H2,(H,15,16). The van der Waals surface area contributed by atoms with Gasteiger partial charge in [0.05, 0.1) is 10.9 Å². The van der Waals surface area contributed by atoms with Gasteiger partial charge in [0, 0.05) is 22.9 Å². The number of alkyl halides is 1. The Morgan fingerprint density at radius 3 is 2.94 bits per heavy atom. The molecule has 5 heteroatoms. The van der Waals surface area contributed by atoms with Crippen LogP contribution in [0.5, 0.6) is 0 Å². The molecule has 16 heavy (non-hydrogen) atoms. The fraction of sp³-hybridized carbons (Fsp3) is 0.455. The van der Waals surface area contributed by atoms with Gasteiger partial charge < -0.3 is 5.32 Å². The molecule has 1 saturated carbocycles. The third-order valence-corrected chi connectivity index (χ3v) is 3.67. The number of hydrogen-bond donors (Lipinski definition) is 1. The lowest BCUT2D eigenvalue weighted by atomic mass is 10.2. The average molecular weight is 304 g/mol. The summed E-state index contributed by atoms with van der Waals surface area (Å²) in [5.74, 6) is -0.105. The Morgan fingerprint density at radius 2 is 2.31 bits per heavy atom. The smallest absolute Gasteiger partial charge is 0.253 e. The van der Waals surface area contributed by atoms with Crippen LogP contribution in [0.3, 0.4) is 0 Å².